The van der Waals surface area contributed by atoms with Crippen LogP contribution in [0.15, 0.2) is 0 Å². The van der Waals surface area contributed by atoms with E-state index in [9.17, 15) is 9.59 Å². The zero-order chi connectivity index (χ0) is 12.8. The van der Waals surface area contributed by atoms with Crippen LogP contribution in [0.3, 0.4) is 0 Å². The molecule has 0 aromatic heterocycles. The molecule has 0 spiro atoms. The van der Waals surface area contributed by atoms with Gasteiger partial charge >= 0.3 is 12.1 Å². The summed E-state index contributed by atoms with van der Waals surface area (Å²) < 4.78 is 9.58. The third kappa shape index (κ3) is 8.08. The van der Waals surface area contributed by atoms with E-state index in [4.69, 9.17) is 4.74 Å². The molecule has 0 saturated carbocycles. The summed E-state index contributed by atoms with van der Waals surface area (Å²) in [6, 6.07) is -0.117. The standard InChI is InChI=1S/C11H21NO4/c1-8(6-7-9(13)15-5)12-10(14)16-11(2,3)4/h8H,6-7H2,1-5H3,(H,12,14)/t8-/m1/s1. The molecule has 5 nitrogen and oxygen atoms in total. The molecule has 0 fully saturated rings. The van der Waals surface area contributed by atoms with Crippen molar-refractivity contribution in [2.75, 3.05) is 7.11 Å². The van der Waals surface area contributed by atoms with Crippen LogP contribution >= 0.6 is 0 Å². The number of carbonyl (C=O) groups excluding carboxylic acids is 2. The maximum atomic E-state index is 11.3. The smallest absolute Gasteiger partial charge is 0.407 e. The van der Waals surface area contributed by atoms with Crippen molar-refractivity contribution in [3.63, 3.8) is 0 Å². The van der Waals surface area contributed by atoms with E-state index < -0.39 is 11.7 Å². The number of esters is 1. The molecule has 0 heterocycles. The predicted molar refractivity (Wildman–Crippen MR) is 60.1 cm³/mol. The largest absolute Gasteiger partial charge is 0.469 e. The highest BCUT2D eigenvalue weighted by Gasteiger charge is 2.17. The first kappa shape index (κ1) is 14.7. The molecule has 0 saturated heterocycles. The van der Waals surface area contributed by atoms with Crippen molar-refractivity contribution >= 4 is 12.1 Å². The van der Waals surface area contributed by atoms with Crippen molar-refractivity contribution in [2.45, 2.75) is 52.2 Å². The van der Waals surface area contributed by atoms with Crippen LogP contribution in [0.4, 0.5) is 4.79 Å². The molecule has 0 aromatic carbocycles. The Morgan fingerprint density at radius 1 is 1.31 bits per heavy atom. The Morgan fingerprint density at radius 3 is 2.31 bits per heavy atom. The third-order valence-electron chi connectivity index (χ3n) is 1.77. The molecule has 0 aliphatic rings. The Labute approximate surface area is 96.5 Å². The lowest BCUT2D eigenvalue weighted by Crippen LogP contribution is -2.37. The number of ether oxygens (including phenoxy) is 2. The number of hydrogen-bond donors (Lipinski definition) is 1. The van der Waals surface area contributed by atoms with E-state index in [0.717, 1.165) is 0 Å². The Balaban J connectivity index is 3.83. The zero-order valence-electron chi connectivity index (χ0n) is 10.6. The van der Waals surface area contributed by atoms with Gasteiger partial charge in [0.05, 0.1) is 7.11 Å². The molecule has 0 bridgehead atoms. The predicted octanol–water partition coefficient (Wildman–Crippen LogP) is 1.85. The molecule has 1 atom stereocenters. The molecule has 1 N–H and O–H groups in total. The van der Waals surface area contributed by atoms with Crippen LogP contribution in [0, 0.1) is 0 Å². The number of hydrogen-bond acceptors (Lipinski definition) is 4. The second-order valence-corrected chi connectivity index (χ2v) is 4.66. The Morgan fingerprint density at radius 2 is 1.88 bits per heavy atom. The van der Waals surface area contributed by atoms with E-state index in [2.05, 4.69) is 10.1 Å². The van der Waals surface area contributed by atoms with Gasteiger partial charge in [-0.3, -0.25) is 4.79 Å². The monoisotopic (exact) mass is 231 g/mol. The summed E-state index contributed by atoms with van der Waals surface area (Å²) in [6.07, 6.45) is 0.351. The summed E-state index contributed by atoms with van der Waals surface area (Å²) in [6.45, 7) is 7.20. The summed E-state index contributed by atoms with van der Waals surface area (Å²) >= 11 is 0. The lowest BCUT2D eigenvalue weighted by molar-refractivity contribution is -0.140. The zero-order valence-corrected chi connectivity index (χ0v) is 10.6. The molecule has 16 heavy (non-hydrogen) atoms. The third-order valence-corrected chi connectivity index (χ3v) is 1.77. The van der Waals surface area contributed by atoms with E-state index in [1.807, 2.05) is 6.92 Å². The number of nitrogens with one attached hydrogen (secondary N) is 1. The first-order valence-electron chi connectivity index (χ1n) is 5.31. The van der Waals surface area contributed by atoms with Gasteiger partial charge in [-0.1, -0.05) is 0 Å². The number of amides is 1. The van der Waals surface area contributed by atoms with E-state index in [-0.39, 0.29) is 18.4 Å². The average molecular weight is 231 g/mol. The Hall–Kier alpha value is -1.26. The SMILES string of the molecule is COC(=O)CC[C@@H](C)NC(=O)OC(C)(C)C. The number of carbonyl (C=O) groups is 2. The molecule has 0 unspecified atom stereocenters. The van der Waals surface area contributed by atoms with Crippen molar-refractivity contribution in [1.29, 1.82) is 0 Å². The lowest BCUT2D eigenvalue weighted by atomic mass is 10.2. The van der Waals surface area contributed by atoms with Gasteiger partial charge in [0, 0.05) is 12.5 Å². The van der Waals surface area contributed by atoms with Crippen LogP contribution in [-0.4, -0.2) is 30.8 Å². The van der Waals surface area contributed by atoms with Crippen molar-refractivity contribution in [3.05, 3.63) is 0 Å². The first-order chi connectivity index (χ1) is 7.24. The summed E-state index contributed by atoms with van der Waals surface area (Å²) in [7, 11) is 1.34. The molecular weight excluding hydrogens is 210 g/mol. The van der Waals surface area contributed by atoms with Gasteiger partial charge in [-0.15, -0.1) is 0 Å². The summed E-state index contributed by atoms with van der Waals surface area (Å²) in [5.41, 5.74) is -0.508. The van der Waals surface area contributed by atoms with Crippen LogP contribution in [0.25, 0.3) is 0 Å². The van der Waals surface area contributed by atoms with Gasteiger partial charge in [0.15, 0.2) is 0 Å². The highest BCUT2D eigenvalue weighted by atomic mass is 16.6. The van der Waals surface area contributed by atoms with Gasteiger partial charge in [-0.25, -0.2) is 4.79 Å². The van der Waals surface area contributed by atoms with Gasteiger partial charge in [0.2, 0.25) is 0 Å². The van der Waals surface area contributed by atoms with Crippen molar-refractivity contribution in [1.82, 2.24) is 5.32 Å². The minimum absolute atomic E-state index is 0.117. The topological polar surface area (TPSA) is 64.6 Å². The van der Waals surface area contributed by atoms with Gasteiger partial charge < -0.3 is 14.8 Å². The molecule has 0 rings (SSSR count). The second kappa shape index (κ2) is 6.35. The highest BCUT2D eigenvalue weighted by Crippen LogP contribution is 2.07. The van der Waals surface area contributed by atoms with Crippen molar-refractivity contribution in [3.8, 4) is 0 Å². The lowest BCUT2D eigenvalue weighted by Gasteiger charge is -2.21. The Kier molecular flexibility index (Phi) is 5.85. The van der Waals surface area contributed by atoms with Gasteiger partial charge in [-0.05, 0) is 34.1 Å². The summed E-state index contributed by atoms with van der Waals surface area (Å²) in [4.78, 5) is 22.2. The normalized spacial score (nSPS) is 12.8. The quantitative estimate of drug-likeness (QED) is 0.750. The number of alkyl carbamates (subject to hydrolysis) is 1. The summed E-state index contributed by atoms with van der Waals surface area (Å²) in [5, 5.41) is 2.65. The van der Waals surface area contributed by atoms with Crippen LogP contribution < -0.4 is 5.32 Å². The number of rotatable bonds is 4. The fraction of sp³-hybridized carbons (Fsp3) is 0.818. The van der Waals surface area contributed by atoms with Crippen LogP contribution in [0.1, 0.15) is 40.5 Å². The second-order valence-electron chi connectivity index (χ2n) is 4.66. The maximum Gasteiger partial charge on any atom is 0.407 e. The highest BCUT2D eigenvalue weighted by molar-refractivity contribution is 5.70. The van der Waals surface area contributed by atoms with Crippen molar-refractivity contribution < 1.29 is 19.1 Å². The van der Waals surface area contributed by atoms with Crippen LogP contribution in [0.5, 0.6) is 0 Å². The molecular formula is C11H21NO4. The van der Waals surface area contributed by atoms with Crippen molar-refractivity contribution in [2.24, 2.45) is 0 Å². The minimum atomic E-state index is -0.508. The van der Waals surface area contributed by atoms with E-state index in [1.165, 1.54) is 7.11 Å². The van der Waals surface area contributed by atoms with Gasteiger partial charge in [0.1, 0.15) is 5.60 Å². The van der Waals surface area contributed by atoms with Gasteiger partial charge in [0.25, 0.3) is 0 Å². The maximum absolute atomic E-state index is 11.3. The Bertz CT molecular complexity index is 245. The molecule has 94 valence electrons. The summed E-state index contributed by atoms with van der Waals surface area (Å²) in [5.74, 6) is -0.280. The first-order valence-corrected chi connectivity index (χ1v) is 5.31. The molecule has 0 aromatic rings. The molecule has 1 amide bonds. The molecule has 0 aliphatic heterocycles. The molecule has 5 heteroatoms. The van der Waals surface area contributed by atoms with E-state index in [0.29, 0.717) is 6.42 Å². The molecule has 0 aliphatic carbocycles. The fourth-order valence-electron chi connectivity index (χ4n) is 1.02. The van der Waals surface area contributed by atoms with Crippen LogP contribution in [-0.2, 0) is 14.3 Å². The number of methoxy groups -OCH3 is 1. The van der Waals surface area contributed by atoms with E-state index in [1.54, 1.807) is 20.8 Å². The molecule has 0 radical (unpaired) electrons. The average Bonchev–Trinajstić information content (AvgIpc) is 2.10. The van der Waals surface area contributed by atoms with Crippen LogP contribution in [0.2, 0.25) is 0 Å². The minimum Gasteiger partial charge on any atom is -0.469 e. The van der Waals surface area contributed by atoms with E-state index >= 15 is 0 Å². The fourth-order valence-corrected chi connectivity index (χ4v) is 1.02. The van der Waals surface area contributed by atoms with Gasteiger partial charge in [-0.2, -0.15) is 0 Å².